The van der Waals surface area contributed by atoms with Crippen LogP contribution in [-0.2, 0) is 16.1 Å². The fourth-order valence-electron chi connectivity index (χ4n) is 2.75. The number of hydrogen-bond donors (Lipinski definition) is 2. The summed E-state index contributed by atoms with van der Waals surface area (Å²) in [5.41, 5.74) is -0.425. The molecule has 0 aliphatic heterocycles. The molecule has 1 amide bonds. The minimum Gasteiger partial charge on any atom is -0.445 e. The third-order valence-electron chi connectivity index (χ3n) is 4.63. The Morgan fingerprint density at radius 3 is 2.64 bits per heavy atom. The Hall–Kier alpha value is -1.59. The molecule has 0 heterocycles. The maximum absolute atomic E-state index is 11.7. The van der Waals surface area contributed by atoms with Crippen LogP contribution in [-0.4, -0.2) is 36.1 Å². The summed E-state index contributed by atoms with van der Waals surface area (Å²) in [5, 5.41) is 13.3. The Morgan fingerprint density at radius 2 is 2.05 bits per heavy atom. The van der Waals surface area contributed by atoms with Gasteiger partial charge < -0.3 is 19.9 Å². The second-order valence-electron chi connectivity index (χ2n) is 6.32. The van der Waals surface area contributed by atoms with Gasteiger partial charge in [0.2, 0.25) is 0 Å². The van der Waals surface area contributed by atoms with Crippen molar-refractivity contribution in [2.75, 3.05) is 13.2 Å². The van der Waals surface area contributed by atoms with Gasteiger partial charge >= 0.3 is 6.09 Å². The van der Waals surface area contributed by atoms with E-state index in [0.717, 1.165) is 5.56 Å². The first-order valence-electron chi connectivity index (χ1n) is 7.67. The van der Waals surface area contributed by atoms with Crippen LogP contribution < -0.4 is 5.32 Å². The lowest BCUT2D eigenvalue weighted by Crippen LogP contribution is -2.68. The van der Waals surface area contributed by atoms with Crippen molar-refractivity contribution in [3.63, 3.8) is 0 Å². The smallest absolute Gasteiger partial charge is 0.407 e. The SMILES string of the molecule is CCOC1CC(O)(CNC(=O)OCc2ccccc2)C1(C)C. The van der Waals surface area contributed by atoms with Crippen LogP contribution in [0.2, 0.25) is 0 Å². The summed E-state index contributed by atoms with van der Waals surface area (Å²) in [7, 11) is 0. The zero-order valence-electron chi connectivity index (χ0n) is 13.5. The molecule has 2 atom stereocenters. The van der Waals surface area contributed by atoms with E-state index in [-0.39, 0.29) is 19.3 Å². The first-order chi connectivity index (χ1) is 10.4. The van der Waals surface area contributed by atoms with Crippen molar-refractivity contribution in [1.82, 2.24) is 5.32 Å². The Bertz CT molecular complexity index is 503. The van der Waals surface area contributed by atoms with Gasteiger partial charge in [-0.1, -0.05) is 44.2 Å². The van der Waals surface area contributed by atoms with E-state index in [1.807, 2.05) is 51.1 Å². The molecule has 1 saturated carbocycles. The van der Waals surface area contributed by atoms with Crippen LogP contribution in [0.25, 0.3) is 0 Å². The lowest BCUT2D eigenvalue weighted by molar-refractivity contribution is -0.237. The fourth-order valence-corrected chi connectivity index (χ4v) is 2.75. The summed E-state index contributed by atoms with van der Waals surface area (Å²) in [6, 6.07) is 9.48. The standard InChI is InChI=1S/C17H25NO4/c1-4-21-14-10-17(20,16(14,2)3)12-18-15(19)22-11-13-8-6-5-7-9-13/h5-9,14,20H,4,10-12H2,1-3H3,(H,18,19). The number of rotatable bonds is 6. The molecule has 2 unspecified atom stereocenters. The number of nitrogens with one attached hydrogen (secondary N) is 1. The van der Waals surface area contributed by atoms with Crippen LogP contribution >= 0.6 is 0 Å². The molecule has 1 aromatic carbocycles. The molecular weight excluding hydrogens is 282 g/mol. The number of carbonyl (C=O) groups is 1. The molecule has 0 radical (unpaired) electrons. The Kier molecular flexibility index (Phi) is 5.08. The topological polar surface area (TPSA) is 67.8 Å². The van der Waals surface area contributed by atoms with Gasteiger partial charge in [-0.25, -0.2) is 4.79 Å². The van der Waals surface area contributed by atoms with E-state index in [4.69, 9.17) is 9.47 Å². The molecule has 0 bridgehead atoms. The fraction of sp³-hybridized carbons (Fsp3) is 0.588. The van der Waals surface area contributed by atoms with Crippen molar-refractivity contribution in [3.8, 4) is 0 Å². The van der Waals surface area contributed by atoms with E-state index in [9.17, 15) is 9.90 Å². The number of aliphatic hydroxyl groups is 1. The van der Waals surface area contributed by atoms with Crippen molar-refractivity contribution in [3.05, 3.63) is 35.9 Å². The van der Waals surface area contributed by atoms with E-state index in [2.05, 4.69) is 5.32 Å². The van der Waals surface area contributed by atoms with Gasteiger partial charge in [0, 0.05) is 18.4 Å². The van der Waals surface area contributed by atoms with Gasteiger partial charge in [-0.15, -0.1) is 0 Å². The van der Waals surface area contributed by atoms with Crippen LogP contribution in [0.3, 0.4) is 0 Å². The maximum Gasteiger partial charge on any atom is 0.407 e. The van der Waals surface area contributed by atoms with E-state index < -0.39 is 17.1 Å². The molecule has 1 aromatic rings. The van der Waals surface area contributed by atoms with Crippen LogP contribution in [0.1, 0.15) is 32.8 Å². The number of carbonyl (C=O) groups excluding carboxylic acids is 1. The monoisotopic (exact) mass is 307 g/mol. The molecule has 5 heteroatoms. The number of hydrogen-bond acceptors (Lipinski definition) is 4. The van der Waals surface area contributed by atoms with Crippen LogP contribution in [0, 0.1) is 5.41 Å². The molecule has 2 N–H and O–H groups in total. The highest BCUT2D eigenvalue weighted by Crippen LogP contribution is 2.50. The van der Waals surface area contributed by atoms with Gasteiger partial charge in [-0.05, 0) is 12.5 Å². The van der Waals surface area contributed by atoms with Gasteiger partial charge in [0.1, 0.15) is 6.61 Å². The maximum atomic E-state index is 11.7. The van der Waals surface area contributed by atoms with E-state index in [0.29, 0.717) is 13.0 Å². The predicted molar refractivity (Wildman–Crippen MR) is 83.4 cm³/mol. The largest absolute Gasteiger partial charge is 0.445 e. The zero-order valence-corrected chi connectivity index (χ0v) is 13.5. The van der Waals surface area contributed by atoms with Crippen molar-refractivity contribution >= 4 is 6.09 Å². The summed E-state index contributed by atoms with van der Waals surface area (Å²) in [4.78, 5) is 11.7. The van der Waals surface area contributed by atoms with Gasteiger partial charge in [-0.2, -0.15) is 0 Å². The molecule has 2 rings (SSSR count). The normalized spacial score (nSPS) is 26.1. The molecule has 1 fully saturated rings. The minimum absolute atomic E-state index is 0.0182. The number of amides is 1. The van der Waals surface area contributed by atoms with Crippen molar-refractivity contribution < 1.29 is 19.4 Å². The highest BCUT2D eigenvalue weighted by atomic mass is 16.5. The summed E-state index contributed by atoms with van der Waals surface area (Å²) < 4.78 is 10.7. The average Bonchev–Trinajstić information content (AvgIpc) is 2.51. The molecule has 0 spiro atoms. The highest BCUT2D eigenvalue weighted by molar-refractivity contribution is 5.67. The number of benzene rings is 1. The zero-order chi connectivity index (χ0) is 16.2. The van der Waals surface area contributed by atoms with Crippen molar-refractivity contribution in [2.45, 2.75) is 45.5 Å². The average molecular weight is 307 g/mol. The second-order valence-corrected chi connectivity index (χ2v) is 6.32. The molecule has 1 aliphatic rings. The quantitative estimate of drug-likeness (QED) is 0.847. The molecule has 0 saturated heterocycles. The molecule has 1 aliphatic carbocycles. The molecule has 122 valence electrons. The van der Waals surface area contributed by atoms with E-state index in [1.165, 1.54) is 0 Å². The van der Waals surface area contributed by atoms with E-state index >= 15 is 0 Å². The highest BCUT2D eigenvalue weighted by Gasteiger charge is 2.60. The predicted octanol–water partition coefficient (Wildman–Crippen LogP) is 2.48. The summed E-state index contributed by atoms with van der Waals surface area (Å²) in [5.74, 6) is 0. The van der Waals surface area contributed by atoms with Gasteiger partial charge in [0.15, 0.2) is 0 Å². The first-order valence-corrected chi connectivity index (χ1v) is 7.67. The Morgan fingerprint density at radius 1 is 1.36 bits per heavy atom. The van der Waals surface area contributed by atoms with Crippen molar-refractivity contribution in [2.24, 2.45) is 5.41 Å². The lowest BCUT2D eigenvalue weighted by atomic mass is 9.56. The summed E-state index contributed by atoms with van der Waals surface area (Å²) in [6.07, 6.45) is 0.0184. The van der Waals surface area contributed by atoms with Gasteiger partial charge in [-0.3, -0.25) is 0 Å². The van der Waals surface area contributed by atoms with Crippen LogP contribution in [0.15, 0.2) is 30.3 Å². The third kappa shape index (κ3) is 3.42. The molecular formula is C17H25NO4. The summed E-state index contributed by atoms with van der Waals surface area (Å²) in [6.45, 7) is 6.85. The third-order valence-corrected chi connectivity index (χ3v) is 4.63. The first kappa shape index (κ1) is 16.8. The minimum atomic E-state index is -0.960. The van der Waals surface area contributed by atoms with E-state index in [1.54, 1.807) is 0 Å². The molecule has 5 nitrogen and oxygen atoms in total. The number of ether oxygens (including phenoxy) is 2. The van der Waals surface area contributed by atoms with Crippen LogP contribution in [0.4, 0.5) is 4.79 Å². The van der Waals surface area contributed by atoms with Gasteiger partial charge in [0.05, 0.1) is 18.2 Å². The lowest BCUT2D eigenvalue weighted by Gasteiger charge is -2.57. The Labute approximate surface area is 131 Å². The van der Waals surface area contributed by atoms with Crippen molar-refractivity contribution in [1.29, 1.82) is 0 Å². The summed E-state index contributed by atoms with van der Waals surface area (Å²) >= 11 is 0. The van der Waals surface area contributed by atoms with Gasteiger partial charge in [0.25, 0.3) is 0 Å². The second kappa shape index (κ2) is 6.67. The Balaban J connectivity index is 1.77. The van der Waals surface area contributed by atoms with Crippen LogP contribution in [0.5, 0.6) is 0 Å². The number of alkyl carbamates (subject to hydrolysis) is 1. The molecule has 22 heavy (non-hydrogen) atoms. The molecule has 0 aromatic heterocycles.